The fraction of sp³-hybridized carbons (Fsp3) is 0.636. The Labute approximate surface area is 174 Å². The van der Waals surface area contributed by atoms with Crippen molar-refractivity contribution in [2.24, 2.45) is 11.1 Å². The number of halogens is 2. The van der Waals surface area contributed by atoms with E-state index in [1.807, 2.05) is 0 Å². The van der Waals surface area contributed by atoms with Crippen LogP contribution in [-0.4, -0.2) is 39.1 Å². The maximum atomic E-state index is 14.0. The van der Waals surface area contributed by atoms with Gasteiger partial charge in [-0.05, 0) is 43.9 Å². The zero-order valence-corrected chi connectivity index (χ0v) is 17.7. The van der Waals surface area contributed by atoms with Crippen LogP contribution in [0.5, 0.6) is 0 Å². The summed E-state index contributed by atoms with van der Waals surface area (Å²) in [7, 11) is 0. The van der Waals surface area contributed by atoms with Gasteiger partial charge >= 0.3 is 5.69 Å². The van der Waals surface area contributed by atoms with E-state index in [2.05, 4.69) is 18.7 Å². The van der Waals surface area contributed by atoms with Gasteiger partial charge in [-0.2, -0.15) is 0 Å². The number of imidazole rings is 1. The molecular weight excluding hydrogens is 390 g/mol. The van der Waals surface area contributed by atoms with Crippen LogP contribution >= 0.6 is 0 Å². The molecule has 1 amide bonds. The molecule has 2 aliphatic rings. The minimum atomic E-state index is -1.05. The molecule has 2 aromatic rings. The van der Waals surface area contributed by atoms with Gasteiger partial charge in [0.25, 0.3) is 0 Å². The van der Waals surface area contributed by atoms with Crippen molar-refractivity contribution in [1.82, 2.24) is 14.0 Å². The fourth-order valence-corrected chi connectivity index (χ4v) is 5.19. The highest BCUT2D eigenvalue weighted by molar-refractivity contribution is 5.80. The summed E-state index contributed by atoms with van der Waals surface area (Å²) in [6.45, 7) is 6.03. The monoisotopic (exact) mass is 420 g/mol. The largest absolute Gasteiger partial charge is 0.368 e. The average Bonchev–Trinajstić information content (AvgIpc) is 2.93. The molecule has 1 aromatic carbocycles. The Morgan fingerprint density at radius 3 is 2.17 bits per heavy atom. The molecule has 0 unspecified atom stereocenters. The van der Waals surface area contributed by atoms with Crippen LogP contribution in [0.3, 0.4) is 0 Å². The van der Waals surface area contributed by atoms with Crippen LogP contribution in [0, 0.1) is 17.0 Å². The zero-order valence-electron chi connectivity index (χ0n) is 17.7. The van der Waals surface area contributed by atoms with Gasteiger partial charge < -0.3 is 10.6 Å². The lowest BCUT2D eigenvalue weighted by Gasteiger charge is -2.43. The minimum absolute atomic E-state index is 0.115. The number of nitrogens with zero attached hydrogens (tertiary/aromatic N) is 3. The highest BCUT2D eigenvalue weighted by atomic mass is 19.2. The molecule has 0 radical (unpaired) electrons. The molecule has 0 atom stereocenters. The molecule has 164 valence electrons. The topological polar surface area (TPSA) is 73.3 Å². The number of piperidine rings is 1. The third-order valence-electron chi connectivity index (χ3n) is 7.01. The van der Waals surface area contributed by atoms with Crippen molar-refractivity contribution < 1.29 is 13.6 Å². The molecule has 2 heterocycles. The Hall–Kier alpha value is -2.22. The van der Waals surface area contributed by atoms with Gasteiger partial charge in [-0.25, -0.2) is 13.6 Å². The lowest BCUT2D eigenvalue weighted by Crippen LogP contribution is -2.45. The minimum Gasteiger partial charge on any atom is -0.368 e. The van der Waals surface area contributed by atoms with Crippen molar-refractivity contribution in [2.75, 3.05) is 13.1 Å². The number of aromatic nitrogens is 2. The number of likely N-dealkylation sites (tertiary alicyclic amines) is 1. The number of amides is 1. The smallest absolute Gasteiger partial charge is 0.329 e. The van der Waals surface area contributed by atoms with Crippen molar-refractivity contribution in [1.29, 1.82) is 0 Å². The van der Waals surface area contributed by atoms with E-state index in [1.165, 1.54) is 30.3 Å². The second-order valence-corrected chi connectivity index (χ2v) is 9.62. The first kappa shape index (κ1) is 21.0. The molecule has 1 saturated heterocycles. The van der Waals surface area contributed by atoms with Crippen molar-refractivity contribution in [3.63, 3.8) is 0 Å². The molecule has 2 N–H and O–H groups in total. The van der Waals surface area contributed by atoms with E-state index in [0.717, 1.165) is 42.6 Å². The summed E-state index contributed by atoms with van der Waals surface area (Å²) in [5.74, 6) is -2.75. The lowest BCUT2D eigenvalue weighted by molar-refractivity contribution is -0.118. The summed E-state index contributed by atoms with van der Waals surface area (Å²) in [6.07, 6.45) is 6.36. The first-order valence-electron chi connectivity index (χ1n) is 10.8. The summed E-state index contributed by atoms with van der Waals surface area (Å²) < 4.78 is 30.5. The van der Waals surface area contributed by atoms with Crippen LogP contribution < -0.4 is 11.4 Å². The predicted octanol–water partition coefficient (Wildman–Crippen LogP) is 3.17. The van der Waals surface area contributed by atoms with E-state index in [1.54, 1.807) is 0 Å². The van der Waals surface area contributed by atoms with Crippen LogP contribution in [0.1, 0.15) is 58.4 Å². The molecule has 1 saturated carbocycles. The van der Waals surface area contributed by atoms with Gasteiger partial charge in [0.2, 0.25) is 5.91 Å². The Bertz CT molecular complexity index is 1010. The van der Waals surface area contributed by atoms with Gasteiger partial charge in [0.1, 0.15) is 6.54 Å². The summed E-state index contributed by atoms with van der Waals surface area (Å²) in [5.41, 5.74) is 5.78. The van der Waals surface area contributed by atoms with E-state index < -0.39 is 23.2 Å². The first-order chi connectivity index (χ1) is 14.2. The van der Waals surface area contributed by atoms with Gasteiger partial charge in [-0.15, -0.1) is 0 Å². The van der Waals surface area contributed by atoms with E-state index >= 15 is 0 Å². The number of rotatable bonds is 4. The van der Waals surface area contributed by atoms with E-state index in [9.17, 15) is 18.4 Å². The maximum Gasteiger partial charge on any atom is 0.329 e. The molecule has 0 bridgehead atoms. The summed E-state index contributed by atoms with van der Waals surface area (Å²) in [5, 5.41) is 0. The molecule has 30 heavy (non-hydrogen) atoms. The SMILES string of the molecule is CC1(C)CCC(N2CCC(n3c(=O)n(CC(N)=O)c4cc(F)c(F)cc43)CC2)CC1. The molecular formula is C22H30F2N4O2. The quantitative estimate of drug-likeness (QED) is 0.826. The van der Waals surface area contributed by atoms with E-state index in [-0.39, 0.29) is 18.1 Å². The van der Waals surface area contributed by atoms with Gasteiger partial charge in [0.05, 0.1) is 11.0 Å². The van der Waals surface area contributed by atoms with Crippen LogP contribution in [-0.2, 0) is 11.3 Å². The number of hydrogen-bond donors (Lipinski definition) is 1. The number of hydrogen-bond acceptors (Lipinski definition) is 3. The summed E-state index contributed by atoms with van der Waals surface area (Å²) >= 11 is 0. The van der Waals surface area contributed by atoms with Crippen molar-refractivity contribution >= 4 is 16.9 Å². The van der Waals surface area contributed by atoms with Gasteiger partial charge in [-0.1, -0.05) is 13.8 Å². The normalized spacial score (nSPS) is 21.3. The number of benzene rings is 1. The maximum absolute atomic E-state index is 14.0. The highest BCUT2D eigenvalue weighted by Gasteiger charge is 2.33. The molecule has 1 aliphatic carbocycles. The van der Waals surface area contributed by atoms with Crippen molar-refractivity contribution in [3.05, 3.63) is 34.3 Å². The molecule has 1 aliphatic heterocycles. The van der Waals surface area contributed by atoms with E-state index in [0.29, 0.717) is 17.0 Å². The van der Waals surface area contributed by atoms with Crippen LogP contribution in [0.25, 0.3) is 11.0 Å². The summed E-state index contributed by atoms with van der Waals surface area (Å²) in [6, 6.07) is 2.50. The van der Waals surface area contributed by atoms with Crippen molar-refractivity contribution in [2.45, 2.75) is 71.0 Å². The van der Waals surface area contributed by atoms with Gasteiger partial charge in [-0.3, -0.25) is 13.9 Å². The van der Waals surface area contributed by atoms with Crippen LogP contribution in [0.15, 0.2) is 16.9 Å². The highest BCUT2D eigenvalue weighted by Crippen LogP contribution is 2.38. The fourth-order valence-electron chi connectivity index (χ4n) is 5.19. The number of fused-ring (bicyclic) bond motifs is 1. The Kier molecular flexibility index (Phi) is 5.46. The van der Waals surface area contributed by atoms with Crippen LogP contribution in [0.2, 0.25) is 0 Å². The van der Waals surface area contributed by atoms with Gasteiger partial charge in [0.15, 0.2) is 11.6 Å². The number of nitrogens with two attached hydrogens (primary N) is 1. The molecule has 0 spiro atoms. The number of carbonyl (C=O) groups is 1. The Morgan fingerprint density at radius 2 is 1.60 bits per heavy atom. The predicted molar refractivity (Wildman–Crippen MR) is 111 cm³/mol. The number of primary amides is 1. The molecule has 6 nitrogen and oxygen atoms in total. The second-order valence-electron chi connectivity index (χ2n) is 9.62. The Morgan fingerprint density at radius 1 is 1.03 bits per heavy atom. The summed E-state index contributed by atoms with van der Waals surface area (Å²) in [4.78, 5) is 27.0. The Balaban J connectivity index is 1.58. The third-order valence-corrected chi connectivity index (χ3v) is 7.01. The number of carbonyl (C=O) groups excluding carboxylic acids is 1. The van der Waals surface area contributed by atoms with Crippen molar-refractivity contribution in [3.8, 4) is 0 Å². The van der Waals surface area contributed by atoms with Crippen LogP contribution in [0.4, 0.5) is 8.78 Å². The average molecular weight is 421 g/mol. The molecule has 1 aromatic heterocycles. The molecule has 2 fully saturated rings. The zero-order chi connectivity index (χ0) is 21.6. The lowest BCUT2D eigenvalue weighted by atomic mass is 9.75. The first-order valence-corrected chi connectivity index (χ1v) is 10.8. The third kappa shape index (κ3) is 3.89. The molecule has 4 rings (SSSR count). The van der Waals surface area contributed by atoms with Gasteiger partial charge in [0, 0.05) is 37.3 Å². The van der Waals surface area contributed by atoms with E-state index in [4.69, 9.17) is 5.73 Å². The standard InChI is InChI=1S/C22H30F2N4O2/c1-22(2)7-3-14(4-8-22)26-9-5-15(6-10-26)28-19-12-17(24)16(23)11-18(19)27(21(28)30)13-20(25)29/h11-12,14-15H,3-10,13H2,1-2H3,(H2,25,29). The molecule has 8 heteroatoms. The second kappa shape index (κ2) is 7.80.